The van der Waals surface area contributed by atoms with Gasteiger partial charge in [0.05, 0.1) is 16.7 Å². The molecule has 0 radical (unpaired) electrons. The van der Waals surface area contributed by atoms with Crippen molar-refractivity contribution in [2.75, 3.05) is 5.73 Å². The Balaban J connectivity index is 2.35. The third kappa shape index (κ3) is 2.09. The van der Waals surface area contributed by atoms with Gasteiger partial charge in [0.25, 0.3) is 0 Å². The molecule has 3 nitrogen and oxygen atoms in total. The average molecular weight is 351 g/mol. The van der Waals surface area contributed by atoms with E-state index in [9.17, 15) is 0 Å². The summed E-state index contributed by atoms with van der Waals surface area (Å²) in [5.74, 6) is 0.450. The average Bonchev–Trinajstić information content (AvgIpc) is 2.69. The number of nitrogens with zero attached hydrogens (tertiary/aromatic N) is 2. The summed E-state index contributed by atoms with van der Waals surface area (Å²) in [5, 5.41) is 0.705. The van der Waals surface area contributed by atoms with Gasteiger partial charge >= 0.3 is 0 Å². The van der Waals surface area contributed by atoms with E-state index in [4.69, 9.17) is 17.3 Å². The Labute approximate surface area is 130 Å². The van der Waals surface area contributed by atoms with Gasteiger partial charge in [0, 0.05) is 9.50 Å². The number of aromatic nitrogens is 2. The number of rotatable bonds is 1. The van der Waals surface area contributed by atoms with Crippen LogP contribution in [0.1, 0.15) is 11.1 Å². The number of hydrogen-bond acceptors (Lipinski definition) is 2. The molecule has 0 unspecified atom stereocenters. The minimum atomic E-state index is 0.450. The Morgan fingerprint density at radius 3 is 2.70 bits per heavy atom. The monoisotopic (exact) mass is 349 g/mol. The molecule has 102 valence electrons. The minimum absolute atomic E-state index is 0.450. The van der Waals surface area contributed by atoms with E-state index < -0.39 is 0 Å². The molecular formula is C15H13BrClN3. The van der Waals surface area contributed by atoms with Crippen LogP contribution in [0, 0.1) is 13.8 Å². The van der Waals surface area contributed by atoms with Crippen LogP contribution in [0.3, 0.4) is 0 Å². The molecule has 2 N–H and O–H groups in total. The molecule has 0 atom stereocenters. The molecule has 0 aliphatic heterocycles. The maximum absolute atomic E-state index is 6.24. The highest BCUT2D eigenvalue weighted by atomic mass is 79.9. The number of nitrogen functional groups attached to an aromatic ring is 1. The van der Waals surface area contributed by atoms with Crippen molar-refractivity contribution in [3.05, 3.63) is 51.0 Å². The highest BCUT2D eigenvalue weighted by Gasteiger charge is 2.14. The molecule has 0 saturated heterocycles. The first-order chi connectivity index (χ1) is 9.47. The summed E-state index contributed by atoms with van der Waals surface area (Å²) in [6, 6.07) is 9.97. The van der Waals surface area contributed by atoms with Crippen molar-refractivity contribution >= 4 is 44.5 Å². The van der Waals surface area contributed by atoms with Crippen LogP contribution in [0.15, 0.2) is 34.8 Å². The smallest absolute Gasteiger partial charge is 0.205 e. The molecule has 5 heteroatoms. The van der Waals surface area contributed by atoms with Gasteiger partial charge in [-0.1, -0.05) is 17.7 Å². The molecule has 0 amide bonds. The molecule has 0 spiro atoms. The number of imidazole rings is 1. The van der Waals surface area contributed by atoms with Crippen LogP contribution in [0.5, 0.6) is 0 Å². The van der Waals surface area contributed by atoms with Crippen LogP contribution < -0.4 is 5.73 Å². The van der Waals surface area contributed by atoms with Crippen molar-refractivity contribution in [2.45, 2.75) is 13.8 Å². The van der Waals surface area contributed by atoms with E-state index in [2.05, 4.69) is 20.9 Å². The molecule has 0 fully saturated rings. The first-order valence-corrected chi connectivity index (χ1v) is 7.35. The van der Waals surface area contributed by atoms with Crippen LogP contribution in [0.25, 0.3) is 16.7 Å². The largest absolute Gasteiger partial charge is 0.369 e. The van der Waals surface area contributed by atoms with Crippen LogP contribution in [0.2, 0.25) is 5.02 Å². The molecule has 2 aromatic carbocycles. The molecule has 0 saturated carbocycles. The Bertz CT molecular complexity index is 824. The first-order valence-electron chi connectivity index (χ1n) is 6.18. The number of anilines is 1. The zero-order chi connectivity index (χ0) is 14.4. The zero-order valence-corrected chi connectivity index (χ0v) is 13.5. The van der Waals surface area contributed by atoms with Crippen LogP contribution >= 0.6 is 27.5 Å². The van der Waals surface area contributed by atoms with Crippen LogP contribution in [0.4, 0.5) is 5.95 Å². The van der Waals surface area contributed by atoms with Crippen molar-refractivity contribution in [2.24, 2.45) is 0 Å². The number of nitrogens with two attached hydrogens (primary N) is 1. The fraction of sp³-hybridized carbons (Fsp3) is 0.133. The highest BCUT2D eigenvalue weighted by molar-refractivity contribution is 9.10. The molecule has 0 aliphatic rings. The molecule has 3 rings (SSSR count). The van der Waals surface area contributed by atoms with Gasteiger partial charge in [-0.25, -0.2) is 4.98 Å². The highest BCUT2D eigenvalue weighted by Crippen LogP contribution is 2.32. The van der Waals surface area contributed by atoms with E-state index in [0.717, 1.165) is 32.3 Å². The lowest BCUT2D eigenvalue weighted by Gasteiger charge is -2.11. The third-order valence-corrected chi connectivity index (χ3v) is 4.35. The van der Waals surface area contributed by atoms with Crippen molar-refractivity contribution in [1.82, 2.24) is 9.55 Å². The molecule has 1 aromatic heterocycles. The molecule has 1 heterocycles. The third-order valence-electron chi connectivity index (χ3n) is 3.30. The SMILES string of the molecule is Cc1ccc2c(c1)nc(N)n2-c1cc(Cl)c(C)cc1Br. The molecule has 0 bridgehead atoms. The molecule has 20 heavy (non-hydrogen) atoms. The van der Waals surface area contributed by atoms with Gasteiger partial charge in [0.2, 0.25) is 5.95 Å². The summed E-state index contributed by atoms with van der Waals surface area (Å²) in [7, 11) is 0. The Hall–Kier alpha value is -1.52. The second-order valence-corrected chi connectivity index (χ2v) is 6.11. The number of benzene rings is 2. The summed E-state index contributed by atoms with van der Waals surface area (Å²) in [6.45, 7) is 4.00. The van der Waals surface area contributed by atoms with Gasteiger partial charge in [0.1, 0.15) is 0 Å². The molecule has 0 aliphatic carbocycles. The van der Waals surface area contributed by atoms with E-state index in [-0.39, 0.29) is 0 Å². The number of aryl methyl sites for hydroxylation is 2. The fourth-order valence-corrected chi connectivity index (χ4v) is 3.06. The second-order valence-electron chi connectivity index (χ2n) is 4.85. The number of halogens is 2. The van der Waals surface area contributed by atoms with Gasteiger partial charge in [-0.3, -0.25) is 4.57 Å². The summed E-state index contributed by atoms with van der Waals surface area (Å²) in [5.41, 5.74) is 11.0. The van der Waals surface area contributed by atoms with Crippen LogP contribution in [-0.4, -0.2) is 9.55 Å². The minimum Gasteiger partial charge on any atom is -0.369 e. The van der Waals surface area contributed by atoms with E-state index >= 15 is 0 Å². The van der Waals surface area contributed by atoms with Crippen molar-refractivity contribution in [3.8, 4) is 5.69 Å². The standard InChI is InChI=1S/C15H13BrClN3/c1-8-3-4-13-12(5-8)19-15(18)20(13)14-7-11(17)9(2)6-10(14)16/h3-7H,1-2H3,(H2,18,19). The van der Waals surface area contributed by atoms with Crippen molar-refractivity contribution in [1.29, 1.82) is 0 Å². The van der Waals surface area contributed by atoms with Crippen molar-refractivity contribution < 1.29 is 0 Å². The quantitative estimate of drug-likeness (QED) is 0.695. The lowest BCUT2D eigenvalue weighted by Crippen LogP contribution is -2.02. The van der Waals surface area contributed by atoms with Crippen molar-refractivity contribution in [3.63, 3.8) is 0 Å². The van der Waals surface area contributed by atoms with E-state index in [1.54, 1.807) is 0 Å². The molecule has 3 aromatic rings. The summed E-state index contributed by atoms with van der Waals surface area (Å²) in [6.07, 6.45) is 0. The van der Waals surface area contributed by atoms with E-state index in [1.807, 2.05) is 48.7 Å². The van der Waals surface area contributed by atoms with Gasteiger partial charge in [-0.05, 0) is 65.2 Å². The summed E-state index contributed by atoms with van der Waals surface area (Å²) in [4.78, 5) is 4.42. The Morgan fingerprint density at radius 2 is 1.95 bits per heavy atom. The van der Waals surface area contributed by atoms with Gasteiger partial charge in [-0.15, -0.1) is 0 Å². The predicted molar refractivity (Wildman–Crippen MR) is 87.7 cm³/mol. The Morgan fingerprint density at radius 1 is 1.20 bits per heavy atom. The van der Waals surface area contributed by atoms with Gasteiger partial charge in [0.15, 0.2) is 0 Å². The van der Waals surface area contributed by atoms with E-state index in [0.29, 0.717) is 11.0 Å². The lowest BCUT2D eigenvalue weighted by molar-refractivity contribution is 1.10. The maximum atomic E-state index is 6.24. The van der Waals surface area contributed by atoms with Crippen LogP contribution in [-0.2, 0) is 0 Å². The van der Waals surface area contributed by atoms with E-state index in [1.165, 1.54) is 0 Å². The predicted octanol–water partition coefficient (Wildman–Crippen LogP) is 4.64. The van der Waals surface area contributed by atoms with Gasteiger partial charge in [-0.2, -0.15) is 0 Å². The fourth-order valence-electron chi connectivity index (χ4n) is 2.27. The maximum Gasteiger partial charge on any atom is 0.205 e. The zero-order valence-electron chi connectivity index (χ0n) is 11.1. The number of hydrogen-bond donors (Lipinski definition) is 1. The summed E-state index contributed by atoms with van der Waals surface area (Å²) < 4.78 is 2.84. The lowest BCUT2D eigenvalue weighted by atomic mass is 10.2. The summed E-state index contributed by atoms with van der Waals surface area (Å²) >= 11 is 9.81. The van der Waals surface area contributed by atoms with Gasteiger partial charge < -0.3 is 5.73 Å². The second kappa shape index (κ2) is 4.79. The molecular weight excluding hydrogens is 338 g/mol. The normalized spacial score (nSPS) is 11.2. The topological polar surface area (TPSA) is 43.8 Å². The number of fused-ring (bicyclic) bond motifs is 1. The first kappa shape index (κ1) is 13.5. The Kier molecular flexibility index (Phi) is 3.22.